The minimum Gasteiger partial charge on any atom is -0.234 e. The average Bonchev–Trinajstić information content (AvgIpc) is 2.12. The molecule has 0 saturated carbocycles. The van der Waals surface area contributed by atoms with E-state index in [1.807, 2.05) is 0 Å². The predicted octanol–water partition coefficient (Wildman–Crippen LogP) is 5.02. The molecule has 0 bridgehead atoms. The minimum absolute atomic E-state index is 0.299. The summed E-state index contributed by atoms with van der Waals surface area (Å²) in [7, 11) is 0. The second-order valence-electron chi connectivity index (χ2n) is 7.49. The van der Waals surface area contributed by atoms with Gasteiger partial charge in [-0.1, -0.05) is 68.2 Å². The minimum atomic E-state index is 0.299. The molecule has 103 valence electrons. The lowest BCUT2D eigenvalue weighted by Gasteiger charge is -2.38. The van der Waals surface area contributed by atoms with Crippen LogP contribution in [-0.2, 0) is 0 Å². The Bertz CT molecular complexity index is 173. The van der Waals surface area contributed by atoms with Crippen LogP contribution in [0.4, 0.5) is 0 Å². The maximum atomic E-state index is 5.20. The fraction of sp³-hybridized carbons (Fsp3) is 1.00. The summed E-state index contributed by atoms with van der Waals surface area (Å²) in [5, 5.41) is 5.20. The summed E-state index contributed by atoms with van der Waals surface area (Å²) in [6, 6.07) is 1.01. The highest BCUT2D eigenvalue weighted by Crippen LogP contribution is 2.30. The van der Waals surface area contributed by atoms with Gasteiger partial charge in [0.15, 0.2) is 0 Å². The molecule has 0 spiro atoms. The molecule has 1 radical (unpaired) electrons. The molecule has 0 saturated heterocycles. The fourth-order valence-corrected chi connectivity index (χ4v) is 2.23. The lowest BCUT2D eigenvalue weighted by atomic mass is 9.79. The Morgan fingerprint density at radius 3 is 1.18 bits per heavy atom. The number of hydrogen-bond acceptors (Lipinski definition) is 0. The first-order valence-electron chi connectivity index (χ1n) is 7.32. The quantitative estimate of drug-likeness (QED) is 0.619. The largest absolute Gasteiger partial charge is 0.234 e. The molecule has 17 heavy (non-hydrogen) atoms. The molecule has 2 atom stereocenters. The van der Waals surface area contributed by atoms with Gasteiger partial charge < -0.3 is 0 Å². The van der Waals surface area contributed by atoms with Crippen molar-refractivity contribution in [1.82, 2.24) is 5.32 Å². The third kappa shape index (κ3) is 6.45. The van der Waals surface area contributed by atoms with Gasteiger partial charge in [0.2, 0.25) is 0 Å². The third-order valence-corrected chi connectivity index (χ3v) is 3.48. The van der Waals surface area contributed by atoms with Crippen molar-refractivity contribution in [2.45, 2.75) is 93.2 Å². The molecular weight excluding hydrogens is 206 g/mol. The first-order valence-corrected chi connectivity index (χ1v) is 7.32. The highest BCUT2D eigenvalue weighted by molar-refractivity contribution is 4.87. The molecular formula is C16H34N. The summed E-state index contributed by atoms with van der Waals surface area (Å²) < 4.78 is 0. The Morgan fingerprint density at radius 2 is 1.00 bits per heavy atom. The smallest absolute Gasteiger partial charge is 0.0297 e. The van der Waals surface area contributed by atoms with Gasteiger partial charge in [-0.2, -0.15) is 0 Å². The maximum absolute atomic E-state index is 5.20. The monoisotopic (exact) mass is 240 g/mol. The van der Waals surface area contributed by atoms with E-state index in [1.54, 1.807) is 0 Å². The molecule has 0 fully saturated rings. The zero-order valence-electron chi connectivity index (χ0n) is 13.4. The first-order chi connectivity index (χ1) is 7.62. The second-order valence-corrected chi connectivity index (χ2v) is 7.49. The Labute approximate surface area is 110 Å². The Kier molecular flexibility index (Phi) is 6.76. The van der Waals surface area contributed by atoms with Crippen molar-refractivity contribution < 1.29 is 0 Å². The van der Waals surface area contributed by atoms with Crippen LogP contribution in [0.5, 0.6) is 0 Å². The van der Waals surface area contributed by atoms with Crippen molar-refractivity contribution in [3.8, 4) is 0 Å². The zero-order valence-corrected chi connectivity index (χ0v) is 13.4. The highest BCUT2D eigenvalue weighted by atomic mass is 15.0. The van der Waals surface area contributed by atoms with E-state index >= 15 is 0 Å². The maximum Gasteiger partial charge on any atom is 0.0297 e. The average molecular weight is 240 g/mol. The molecule has 2 unspecified atom stereocenters. The van der Waals surface area contributed by atoms with Gasteiger partial charge in [0.25, 0.3) is 0 Å². The standard InChI is InChI=1S/C16H34N/c1-9-11-13(15(3,4)5)17-14(12-10-2)16(6,7)8/h13-14H,9-12H2,1-8H3. The van der Waals surface area contributed by atoms with Crippen LogP contribution in [0, 0.1) is 10.8 Å². The highest BCUT2D eigenvalue weighted by Gasteiger charge is 2.32. The summed E-state index contributed by atoms with van der Waals surface area (Å²) in [6.07, 6.45) is 4.91. The summed E-state index contributed by atoms with van der Waals surface area (Å²) in [5.41, 5.74) is 0.598. The Balaban J connectivity index is 4.68. The third-order valence-electron chi connectivity index (χ3n) is 3.48. The van der Waals surface area contributed by atoms with Gasteiger partial charge in [-0.3, -0.25) is 0 Å². The lowest BCUT2D eigenvalue weighted by Crippen LogP contribution is -2.45. The van der Waals surface area contributed by atoms with Crippen molar-refractivity contribution in [1.29, 1.82) is 0 Å². The van der Waals surface area contributed by atoms with E-state index in [-0.39, 0.29) is 0 Å². The second kappa shape index (κ2) is 6.78. The molecule has 0 aromatic rings. The summed E-state index contributed by atoms with van der Waals surface area (Å²) in [4.78, 5) is 0. The van der Waals surface area contributed by atoms with Gasteiger partial charge in [0.1, 0.15) is 0 Å². The molecule has 0 aromatic heterocycles. The van der Waals surface area contributed by atoms with Crippen molar-refractivity contribution >= 4 is 0 Å². The van der Waals surface area contributed by atoms with Gasteiger partial charge in [0, 0.05) is 12.1 Å². The summed E-state index contributed by atoms with van der Waals surface area (Å²) >= 11 is 0. The van der Waals surface area contributed by atoms with E-state index in [0.29, 0.717) is 22.9 Å². The normalized spacial score (nSPS) is 16.9. The molecule has 0 amide bonds. The fourth-order valence-electron chi connectivity index (χ4n) is 2.23. The van der Waals surface area contributed by atoms with Crippen LogP contribution < -0.4 is 5.32 Å². The number of rotatable bonds is 6. The van der Waals surface area contributed by atoms with E-state index in [2.05, 4.69) is 55.4 Å². The topological polar surface area (TPSA) is 14.1 Å². The van der Waals surface area contributed by atoms with Crippen LogP contribution in [0.25, 0.3) is 0 Å². The van der Waals surface area contributed by atoms with Crippen molar-refractivity contribution in [3.05, 3.63) is 0 Å². The predicted molar refractivity (Wildman–Crippen MR) is 78.4 cm³/mol. The van der Waals surface area contributed by atoms with Gasteiger partial charge in [0.05, 0.1) is 0 Å². The molecule has 0 rings (SSSR count). The van der Waals surface area contributed by atoms with E-state index in [4.69, 9.17) is 5.32 Å². The number of hydrogen-bond donors (Lipinski definition) is 0. The molecule has 0 aliphatic carbocycles. The van der Waals surface area contributed by atoms with Crippen LogP contribution in [0.1, 0.15) is 81.1 Å². The molecule has 1 heteroatoms. The van der Waals surface area contributed by atoms with E-state index < -0.39 is 0 Å². The van der Waals surface area contributed by atoms with Crippen LogP contribution in [0.3, 0.4) is 0 Å². The first kappa shape index (κ1) is 17.0. The van der Waals surface area contributed by atoms with Gasteiger partial charge in [-0.25, -0.2) is 5.32 Å². The molecule has 0 aromatic carbocycles. The van der Waals surface area contributed by atoms with E-state index in [1.165, 1.54) is 25.7 Å². The van der Waals surface area contributed by atoms with Crippen molar-refractivity contribution in [2.75, 3.05) is 0 Å². The number of nitrogens with zero attached hydrogens (tertiary/aromatic N) is 1. The Morgan fingerprint density at radius 1 is 0.706 bits per heavy atom. The zero-order chi connectivity index (χ0) is 13.7. The van der Waals surface area contributed by atoms with Crippen molar-refractivity contribution in [3.63, 3.8) is 0 Å². The molecule has 1 nitrogen and oxygen atoms in total. The molecule has 0 N–H and O–H groups in total. The van der Waals surface area contributed by atoms with E-state index in [0.717, 1.165) is 0 Å². The van der Waals surface area contributed by atoms with Crippen LogP contribution in [0.2, 0.25) is 0 Å². The lowest BCUT2D eigenvalue weighted by molar-refractivity contribution is 0.162. The van der Waals surface area contributed by atoms with Crippen LogP contribution in [-0.4, -0.2) is 12.1 Å². The van der Waals surface area contributed by atoms with Crippen LogP contribution >= 0.6 is 0 Å². The van der Waals surface area contributed by atoms with Gasteiger partial charge in [-0.15, -0.1) is 0 Å². The van der Waals surface area contributed by atoms with Crippen molar-refractivity contribution in [2.24, 2.45) is 10.8 Å². The Hall–Kier alpha value is -0.0400. The molecule has 0 aliphatic rings. The van der Waals surface area contributed by atoms with Gasteiger partial charge >= 0.3 is 0 Å². The summed E-state index contributed by atoms with van der Waals surface area (Å²) in [6.45, 7) is 18.5. The van der Waals surface area contributed by atoms with Gasteiger partial charge in [-0.05, 0) is 23.7 Å². The van der Waals surface area contributed by atoms with E-state index in [9.17, 15) is 0 Å². The summed E-state index contributed by atoms with van der Waals surface area (Å²) in [5.74, 6) is 0. The molecule has 0 heterocycles. The van der Waals surface area contributed by atoms with Crippen LogP contribution in [0.15, 0.2) is 0 Å². The molecule has 0 aliphatic heterocycles. The SMILES string of the molecule is CCCC([N]C(CCC)C(C)(C)C)C(C)(C)C.